The number of Topliss-reactive ketones (excluding diaryl/α,β-unsaturated/α-hetero) is 1. The van der Waals surface area contributed by atoms with Crippen molar-refractivity contribution in [3.8, 4) is 17.7 Å². The van der Waals surface area contributed by atoms with Gasteiger partial charge in [-0.1, -0.05) is 5.16 Å². The number of rotatable bonds is 6. The van der Waals surface area contributed by atoms with Crippen molar-refractivity contribution < 1.29 is 26.9 Å². The molecule has 0 saturated heterocycles. The number of alkyl halides is 3. The lowest BCUT2D eigenvalue weighted by Crippen LogP contribution is -2.14. The molecule has 3 aromatic rings. The average Bonchev–Trinajstić information content (AvgIpc) is 3.32. The Bertz CT molecular complexity index is 957. The fourth-order valence-corrected chi connectivity index (χ4v) is 2.28. The van der Waals surface area contributed by atoms with E-state index in [1.165, 1.54) is 6.26 Å². The number of nitrogens with zero attached hydrogens (tertiary/aromatic N) is 4. The molecule has 1 atom stereocenters. The Morgan fingerprint density at radius 3 is 2.70 bits per heavy atom. The van der Waals surface area contributed by atoms with Crippen LogP contribution in [0, 0.1) is 11.3 Å². The topological polar surface area (TPSA) is 106 Å². The van der Waals surface area contributed by atoms with Crippen molar-refractivity contribution in [1.82, 2.24) is 15.1 Å². The summed E-state index contributed by atoms with van der Waals surface area (Å²) in [5.41, 5.74) is -0.996. The molecule has 3 rings (SSSR count). The maximum Gasteiger partial charge on any atom is 0.417 e. The Balaban J connectivity index is 1.65. The molecule has 10 heteroatoms. The molecule has 0 fully saturated rings. The van der Waals surface area contributed by atoms with E-state index in [-0.39, 0.29) is 30.3 Å². The van der Waals surface area contributed by atoms with Crippen molar-refractivity contribution in [3.63, 3.8) is 0 Å². The first-order valence-corrected chi connectivity index (χ1v) is 7.70. The van der Waals surface area contributed by atoms with Gasteiger partial charge in [-0.05, 0) is 24.3 Å². The Morgan fingerprint density at radius 2 is 2.11 bits per heavy atom. The van der Waals surface area contributed by atoms with Crippen LogP contribution < -0.4 is 0 Å². The molecule has 0 amide bonds. The number of nitriles is 1. The normalized spacial score (nSPS) is 12.5. The van der Waals surface area contributed by atoms with Crippen LogP contribution in [0.4, 0.5) is 13.2 Å². The molecule has 138 valence electrons. The van der Waals surface area contributed by atoms with E-state index in [1.54, 1.807) is 18.2 Å². The van der Waals surface area contributed by atoms with Crippen molar-refractivity contribution in [2.45, 2.75) is 24.9 Å². The molecule has 0 radical (unpaired) electrons. The van der Waals surface area contributed by atoms with Crippen LogP contribution in [0.15, 0.2) is 45.7 Å². The summed E-state index contributed by atoms with van der Waals surface area (Å²) in [6.07, 6.45) is -2.53. The lowest BCUT2D eigenvalue weighted by Gasteiger charge is -2.09. The monoisotopic (exact) mass is 376 g/mol. The Hall–Kier alpha value is -3.48. The smallest absolute Gasteiger partial charge is 0.417 e. The van der Waals surface area contributed by atoms with Crippen LogP contribution in [0.25, 0.3) is 11.6 Å². The summed E-state index contributed by atoms with van der Waals surface area (Å²) in [7, 11) is 0. The van der Waals surface area contributed by atoms with E-state index in [1.807, 2.05) is 0 Å². The molecule has 0 saturated carbocycles. The van der Waals surface area contributed by atoms with E-state index in [9.17, 15) is 23.2 Å². The van der Waals surface area contributed by atoms with Crippen LogP contribution in [0.3, 0.4) is 0 Å². The molecule has 7 nitrogen and oxygen atoms in total. The fraction of sp³-hybridized carbons (Fsp3) is 0.235. The van der Waals surface area contributed by atoms with Gasteiger partial charge in [0.15, 0.2) is 11.5 Å². The molecule has 0 spiro atoms. The maximum absolute atomic E-state index is 12.6. The molecular formula is C17H11F3N4O3. The van der Waals surface area contributed by atoms with Gasteiger partial charge in [0.25, 0.3) is 0 Å². The standard InChI is InChI=1S/C17H11F3N4O3/c18-17(19,20)10-3-4-12(22-9-10)11(8-21)13(25)5-6-15-23-16(24-27-15)14-2-1-7-26-14/h1-4,7,9,11H,5-6H2. The number of ketones is 1. The van der Waals surface area contributed by atoms with Crippen molar-refractivity contribution >= 4 is 5.78 Å². The highest BCUT2D eigenvalue weighted by Gasteiger charge is 2.31. The third-order valence-corrected chi connectivity index (χ3v) is 3.66. The number of furan rings is 1. The van der Waals surface area contributed by atoms with Crippen molar-refractivity contribution in [2.24, 2.45) is 0 Å². The molecule has 0 aliphatic rings. The summed E-state index contributed by atoms with van der Waals surface area (Å²) < 4.78 is 47.9. The number of aryl methyl sites for hydroxylation is 1. The van der Waals surface area contributed by atoms with Gasteiger partial charge in [-0.25, -0.2) is 0 Å². The number of hydrogen-bond acceptors (Lipinski definition) is 7. The third-order valence-electron chi connectivity index (χ3n) is 3.66. The van der Waals surface area contributed by atoms with Crippen LogP contribution in [0.2, 0.25) is 0 Å². The van der Waals surface area contributed by atoms with Gasteiger partial charge in [0.1, 0.15) is 5.92 Å². The fourth-order valence-electron chi connectivity index (χ4n) is 2.28. The molecular weight excluding hydrogens is 365 g/mol. The number of pyridine rings is 1. The second-order valence-electron chi connectivity index (χ2n) is 5.49. The first kappa shape index (κ1) is 18.3. The molecule has 3 aromatic heterocycles. The summed E-state index contributed by atoms with van der Waals surface area (Å²) >= 11 is 0. The summed E-state index contributed by atoms with van der Waals surface area (Å²) in [5.74, 6) is -0.988. The number of carbonyl (C=O) groups excluding carboxylic acids is 1. The lowest BCUT2D eigenvalue weighted by atomic mass is 9.97. The van der Waals surface area contributed by atoms with Gasteiger partial charge >= 0.3 is 6.18 Å². The van der Waals surface area contributed by atoms with Gasteiger partial charge in [-0.3, -0.25) is 9.78 Å². The zero-order valence-corrected chi connectivity index (χ0v) is 13.6. The Kier molecular flexibility index (Phi) is 5.03. The van der Waals surface area contributed by atoms with Crippen LogP contribution in [-0.4, -0.2) is 20.9 Å². The minimum Gasteiger partial charge on any atom is -0.461 e. The number of hydrogen-bond donors (Lipinski definition) is 0. The van der Waals surface area contributed by atoms with Gasteiger partial charge in [0, 0.05) is 19.0 Å². The molecule has 0 aliphatic carbocycles. The third kappa shape index (κ3) is 4.20. The lowest BCUT2D eigenvalue weighted by molar-refractivity contribution is -0.137. The van der Waals surface area contributed by atoms with Gasteiger partial charge < -0.3 is 8.94 Å². The van der Waals surface area contributed by atoms with E-state index in [0.717, 1.165) is 12.1 Å². The SMILES string of the molecule is N#CC(C(=O)CCc1nc(-c2ccco2)no1)c1ccc(C(F)(F)F)cn1. The zero-order chi connectivity index (χ0) is 19.4. The quantitative estimate of drug-likeness (QED) is 0.647. The second kappa shape index (κ2) is 7.41. The highest BCUT2D eigenvalue weighted by molar-refractivity contribution is 5.88. The molecule has 1 unspecified atom stereocenters. The Morgan fingerprint density at radius 1 is 1.30 bits per heavy atom. The molecule has 0 bridgehead atoms. The highest BCUT2D eigenvalue weighted by atomic mass is 19.4. The average molecular weight is 376 g/mol. The molecule has 27 heavy (non-hydrogen) atoms. The predicted molar refractivity (Wildman–Crippen MR) is 82.9 cm³/mol. The zero-order valence-electron chi connectivity index (χ0n) is 13.6. The predicted octanol–water partition coefficient (Wildman–Crippen LogP) is 3.55. The van der Waals surface area contributed by atoms with E-state index < -0.39 is 23.4 Å². The number of halogens is 3. The van der Waals surface area contributed by atoms with Crippen LogP contribution >= 0.6 is 0 Å². The molecule has 0 aliphatic heterocycles. The largest absolute Gasteiger partial charge is 0.461 e. The summed E-state index contributed by atoms with van der Waals surface area (Å²) in [5, 5.41) is 12.9. The van der Waals surface area contributed by atoms with Gasteiger partial charge in [-0.15, -0.1) is 0 Å². The van der Waals surface area contributed by atoms with Gasteiger partial charge in [-0.2, -0.15) is 23.4 Å². The minimum atomic E-state index is -4.54. The van der Waals surface area contributed by atoms with Gasteiger partial charge in [0.2, 0.25) is 11.7 Å². The summed E-state index contributed by atoms with van der Waals surface area (Å²) in [6.45, 7) is 0. The molecule has 0 N–H and O–H groups in total. The van der Waals surface area contributed by atoms with E-state index in [0.29, 0.717) is 12.0 Å². The van der Waals surface area contributed by atoms with Crippen molar-refractivity contribution in [3.05, 3.63) is 53.9 Å². The Labute approximate surface area is 150 Å². The van der Waals surface area contributed by atoms with E-state index in [2.05, 4.69) is 15.1 Å². The van der Waals surface area contributed by atoms with Crippen LogP contribution in [0.1, 0.15) is 29.5 Å². The number of carbonyl (C=O) groups is 1. The van der Waals surface area contributed by atoms with E-state index >= 15 is 0 Å². The summed E-state index contributed by atoms with van der Waals surface area (Å²) in [6, 6.07) is 6.87. The molecule has 0 aromatic carbocycles. The minimum absolute atomic E-state index is 0.0442. The van der Waals surface area contributed by atoms with Crippen molar-refractivity contribution in [2.75, 3.05) is 0 Å². The number of aromatic nitrogens is 3. The van der Waals surface area contributed by atoms with E-state index in [4.69, 9.17) is 8.94 Å². The summed E-state index contributed by atoms with van der Waals surface area (Å²) in [4.78, 5) is 19.9. The van der Waals surface area contributed by atoms with Gasteiger partial charge in [0.05, 0.1) is 23.6 Å². The first-order valence-electron chi connectivity index (χ1n) is 7.70. The van der Waals surface area contributed by atoms with Crippen LogP contribution in [-0.2, 0) is 17.4 Å². The van der Waals surface area contributed by atoms with Crippen molar-refractivity contribution in [1.29, 1.82) is 5.26 Å². The molecule has 3 heterocycles. The first-order chi connectivity index (χ1) is 12.9. The van der Waals surface area contributed by atoms with Crippen LogP contribution in [0.5, 0.6) is 0 Å². The maximum atomic E-state index is 12.6. The second-order valence-corrected chi connectivity index (χ2v) is 5.49. The highest BCUT2D eigenvalue weighted by Crippen LogP contribution is 2.29.